The van der Waals surface area contributed by atoms with Gasteiger partial charge in [-0.15, -0.1) is 13.2 Å². The Hall–Kier alpha value is -1.72. The van der Waals surface area contributed by atoms with Crippen molar-refractivity contribution >= 4 is 6.41 Å². The molecule has 6 heteroatoms. The Balaban J connectivity index is 2.60. The van der Waals surface area contributed by atoms with Gasteiger partial charge in [-0.25, -0.2) is 0 Å². The molecule has 0 aliphatic carbocycles. The minimum atomic E-state index is -4.68. The summed E-state index contributed by atoms with van der Waals surface area (Å²) in [6, 6.07) is 5.65. The second-order valence-electron chi connectivity index (χ2n) is 3.02. The average molecular weight is 233 g/mol. The fourth-order valence-corrected chi connectivity index (χ4v) is 1.17. The van der Waals surface area contributed by atoms with Crippen molar-refractivity contribution in [2.75, 3.05) is 6.54 Å². The van der Waals surface area contributed by atoms with E-state index in [0.29, 0.717) is 24.9 Å². The van der Waals surface area contributed by atoms with Gasteiger partial charge in [-0.2, -0.15) is 0 Å². The Bertz CT molecular complexity index is 352. The van der Waals surface area contributed by atoms with E-state index in [1.807, 2.05) is 0 Å². The number of rotatable bonds is 5. The average Bonchev–Trinajstić information content (AvgIpc) is 2.16. The van der Waals surface area contributed by atoms with Crippen molar-refractivity contribution in [3.05, 3.63) is 29.8 Å². The highest BCUT2D eigenvalue weighted by Crippen LogP contribution is 2.23. The largest absolute Gasteiger partial charge is 0.573 e. The molecule has 0 unspecified atom stereocenters. The smallest absolute Gasteiger partial charge is 0.406 e. The predicted molar refractivity (Wildman–Crippen MR) is 50.9 cm³/mol. The molecule has 1 amide bonds. The van der Waals surface area contributed by atoms with Crippen LogP contribution in [0.15, 0.2) is 24.3 Å². The van der Waals surface area contributed by atoms with E-state index in [-0.39, 0.29) is 5.75 Å². The Labute approximate surface area is 90.2 Å². The van der Waals surface area contributed by atoms with Crippen LogP contribution in [-0.2, 0) is 11.2 Å². The number of hydrogen-bond donors (Lipinski definition) is 1. The third kappa shape index (κ3) is 4.68. The SMILES string of the molecule is O=CNCCc1cccc(OC(F)(F)F)c1. The monoisotopic (exact) mass is 233 g/mol. The summed E-state index contributed by atoms with van der Waals surface area (Å²) in [7, 11) is 0. The molecule has 0 heterocycles. The van der Waals surface area contributed by atoms with Crippen LogP contribution in [0.4, 0.5) is 13.2 Å². The first-order valence-corrected chi connectivity index (χ1v) is 4.53. The van der Waals surface area contributed by atoms with Gasteiger partial charge in [-0.1, -0.05) is 12.1 Å². The molecule has 1 aromatic rings. The zero-order valence-electron chi connectivity index (χ0n) is 8.25. The number of ether oxygens (including phenoxy) is 1. The molecular weight excluding hydrogens is 223 g/mol. The molecule has 88 valence electrons. The standard InChI is InChI=1S/C10H10F3NO2/c11-10(12,13)16-9-3-1-2-8(6-9)4-5-14-7-15/h1-3,6-7H,4-5H2,(H,14,15). The number of amides is 1. The summed E-state index contributed by atoms with van der Waals surface area (Å²) in [5.41, 5.74) is 0.663. The van der Waals surface area contributed by atoms with E-state index in [0.717, 1.165) is 0 Å². The van der Waals surface area contributed by atoms with Gasteiger partial charge in [0, 0.05) is 6.54 Å². The molecule has 0 atom stereocenters. The van der Waals surface area contributed by atoms with Crippen molar-refractivity contribution in [2.24, 2.45) is 0 Å². The van der Waals surface area contributed by atoms with Gasteiger partial charge in [0.2, 0.25) is 6.41 Å². The van der Waals surface area contributed by atoms with E-state index in [1.54, 1.807) is 6.07 Å². The van der Waals surface area contributed by atoms with Crippen molar-refractivity contribution in [1.29, 1.82) is 0 Å². The fourth-order valence-electron chi connectivity index (χ4n) is 1.17. The highest BCUT2D eigenvalue weighted by molar-refractivity contribution is 5.45. The van der Waals surface area contributed by atoms with Crippen LogP contribution in [-0.4, -0.2) is 19.3 Å². The lowest BCUT2D eigenvalue weighted by molar-refractivity contribution is -0.274. The van der Waals surface area contributed by atoms with Crippen LogP contribution in [0.3, 0.4) is 0 Å². The van der Waals surface area contributed by atoms with E-state index < -0.39 is 6.36 Å². The first-order chi connectivity index (χ1) is 7.51. The van der Waals surface area contributed by atoms with E-state index in [1.165, 1.54) is 18.2 Å². The first kappa shape index (κ1) is 12.4. The minimum Gasteiger partial charge on any atom is -0.406 e. The van der Waals surface area contributed by atoms with Crippen LogP contribution >= 0.6 is 0 Å². The molecule has 1 aromatic carbocycles. The third-order valence-electron chi connectivity index (χ3n) is 1.77. The molecule has 0 spiro atoms. The van der Waals surface area contributed by atoms with E-state index in [2.05, 4.69) is 10.1 Å². The van der Waals surface area contributed by atoms with Gasteiger partial charge in [-0.05, 0) is 24.1 Å². The van der Waals surface area contributed by atoms with Crippen LogP contribution < -0.4 is 10.1 Å². The molecule has 0 aliphatic rings. The molecule has 0 saturated carbocycles. The lowest BCUT2D eigenvalue weighted by Gasteiger charge is -2.09. The summed E-state index contributed by atoms with van der Waals surface area (Å²) < 4.78 is 39.5. The number of alkyl halides is 3. The van der Waals surface area contributed by atoms with Gasteiger partial charge >= 0.3 is 6.36 Å². The maximum atomic E-state index is 11.9. The van der Waals surface area contributed by atoms with E-state index >= 15 is 0 Å². The van der Waals surface area contributed by atoms with E-state index in [4.69, 9.17) is 0 Å². The Morgan fingerprint density at radius 2 is 2.12 bits per heavy atom. The number of carbonyl (C=O) groups excluding carboxylic acids is 1. The second-order valence-corrected chi connectivity index (χ2v) is 3.02. The summed E-state index contributed by atoms with van der Waals surface area (Å²) in [5, 5.41) is 2.42. The van der Waals surface area contributed by atoms with Gasteiger partial charge < -0.3 is 10.1 Å². The summed E-state index contributed by atoms with van der Waals surface area (Å²) in [6.45, 7) is 0.374. The van der Waals surface area contributed by atoms with Gasteiger partial charge in [0.1, 0.15) is 5.75 Å². The first-order valence-electron chi connectivity index (χ1n) is 4.53. The van der Waals surface area contributed by atoms with Gasteiger partial charge in [0.25, 0.3) is 0 Å². The lowest BCUT2D eigenvalue weighted by atomic mass is 10.1. The number of halogens is 3. The number of benzene rings is 1. The van der Waals surface area contributed by atoms with Crippen molar-refractivity contribution < 1.29 is 22.7 Å². The molecular formula is C10H10F3NO2. The lowest BCUT2D eigenvalue weighted by Crippen LogP contribution is -2.17. The summed E-state index contributed by atoms with van der Waals surface area (Å²) in [4.78, 5) is 9.97. The molecule has 0 aliphatic heterocycles. The predicted octanol–water partition coefficient (Wildman–Crippen LogP) is 1.87. The highest BCUT2D eigenvalue weighted by Gasteiger charge is 2.30. The van der Waals surface area contributed by atoms with Crippen LogP contribution in [0.2, 0.25) is 0 Å². The topological polar surface area (TPSA) is 38.3 Å². The maximum Gasteiger partial charge on any atom is 0.573 e. The van der Waals surface area contributed by atoms with Gasteiger partial charge in [-0.3, -0.25) is 4.79 Å². The Kier molecular flexibility index (Phi) is 4.16. The molecule has 0 bridgehead atoms. The quantitative estimate of drug-likeness (QED) is 0.622. The van der Waals surface area contributed by atoms with Crippen LogP contribution in [0.1, 0.15) is 5.56 Å². The normalized spacial score (nSPS) is 10.9. The number of hydrogen-bond acceptors (Lipinski definition) is 2. The zero-order chi connectivity index (χ0) is 12.0. The number of nitrogens with one attached hydrogen (secondary N) is 1. The van der Waals surface area contributed by atoms with Crippen molar-refractivity contribution in [2.45, 2.75) is 12.8 Å². The summed E-state index contributed by atoms with van der Waals surface area (Å²) in [6.07, 6.45) is -3.69. The molecule has 1 N–H and O–H groups in total. The molecule has 0 saturated heterocycles. The van der Waals surface area contributed by atoms with Crippen LogP contribution in [0.25, 0.3) is 0 Å². The molecule has 0 radical (unpaired) electrons. The molecule has 3 nitrogen and oxygen atoms in total. The van der Waals surface area contributed by atoms with Crippen molar-refractivity contribution in [3.63, 3.8) is 0 Å². The van der Waals surface area contributed by atoms with Crippen molar-refractivity contribution in [1.82, 2.24) is 5.32 Å². The molecule has 16 heavy (non-hydrogen) atoms. The van der Waals surface area contributed by atoms with Gasteiger partial charge in [0.15, 0.2) is 0 Å². The molecule has 0 aromatic heterocycles. The maximum absolute atomic E-state index is 11.9. The second kappa shape index (κ2) is 5.39. The Morgan fingerprint density at radius 3 is 2.75 bits per heavy atom. The zero-order valence-corrected chi connectivity index (χ0v) is 8.25. The Morgan fingerprint density at radius 1 is 1.38 bits per heavy atom. The molecule has 1 rings (SSSR count). The highest BCUT2D eigenvalue weighted by atomic mass is 19.4. The minimum absolute atomic E-state index is 0.254. The summed E-state index contributed by atoms with van der Waals surface area (Å²) in [5.74, 6) is -0.254. The summed E-state index contributed by atoms with van der Waals surface area (Å²) >= 11 is 0. The van der Waals surface area contributed by atoms with Gasteiger partial charge in [0.05, 0.1) is 0 Å². The van der Waals surface area contributed by atoms with Crippen molar-refractivity contribution in [3.8, 4) is 5.75 Å². The van der Waals surface area contributed by atoms with E-state index in [9.17, 15) is 18.0 Å². The fraction of sp³-hybridized carbons (Fsp3) is 0.300. The number of carbonyl (C=O) groups is 1. The molecule has 0 fully saturated rings. The van der Waals surface area contributed by atoms with Crippen LogP contribution in [0, 0.1) is 0 Å². The van der Waals surface area contributed by atoms with Crippen LogP contribution in [0.5, 0.6) is 5.75 Å². The third-order valence-corrected chi connectivity index (χ3v) is 1.77.